The van der Waals surface area contributed by atoms with Crippen molar-refractivity contribution in [3.8, 4) is 44.5 Å². The van der Waals surface area contributed by atoms with E-state index in [0.29, 0.717) is 0 Å². The lowest BCUT2D eigenvalue weighted by Crippen LogP contribution is -2.28. The molecule has 1 nitrogen and oxygen atoms in total. The van der Waals surface area contributed by atoms with Crippen LogP contribution in [0.1, 0.15) is 22.3 Å². The van der Waals surface area contributed by atoms with Crippen LogP contribution < -0.4 is 4.90 Å². The molecule has 67 heavy (non-hydrogen) atoms. The van der Waals surface area contributed by atoms with Gasteiger partial charge in [-0.2, -0.15) is 0 Å². The first-order valence-corrected chi connectivity index (χ1v) is 23.9. The highest BCUT2D eigenvalue weighted by molar-refractivity contribution is 7.26. The predicted molar refractivity (Wildman–Crippen MR) is 285 cm³/mol. The Morgan fingerprint density at radius 1 is 0.313 bits per heavy atom. The van der Waals surface area contributed by atoms with Crippen LogP contribution in [0.3, 0.4) is 0 Å². The summed E-state index contributed by atoms with van der Waals surface area (Å²) in [6, 6.07) is 96.3. The van der Waals surface area contributed by atoms with Crippen molar-refractivity contribution in [3.05, 3.63) is 283 Å². The van der Waals surface area contributed by atoms with Gasteiger partial charge < -0.3 is 4.90 Å². The standard InChI is InChI=1S/C65H43NS/c1-3-19-52(20-4-1)65(53-21-5-2-6-22-53)59-25-11-9-23-56(59)57-40-35-51(43-60(57)65)46-33-38-55(39-34-46)66(61-26-14-28-63-64(61)58-24-10-12-27-62(58)67-63)54-36-31-45(32-37-54)48-17-13-18-49(41-48)50-30-29-44-15-7-8-16-47(44)42-50/h1-43H. The van der Waals surface area contributed by atoms with Crippen molar-refractivity contribution < 1.29 is 0 Å². The van der Waals surface area contributed by atoms with Gasteiger partial charge in [-0.3, -0.25) is 0 Å². The smallest absolute Gasteiger partial charge is 0.0713 e. The molecule has 1 aliphatic carbocycles. The van der Waals surface area contributed by atoms with Gasteiger partial charge in [-0.15, -0.1) is 11.3 Å². The van der Waals surface area contributed by atoms with E-state index in [1.54, 1.807) is 0 Å². The number of hydrogen-bond donors (Lipinski definition) is 0. The lowest BCUT2D eigenvalue weighted by Gasteiger charge is -2.34. The zero-order chi connectivity index (χ0) is 44.3. The molecule has 0 N–H and O–H groups in total. The van der Waals surface area contributed by atoms with Crippen LogP contribution >= 0.6 is 11.3 Å². The van der Waals surface area contributed by atoms with Gasteiger partial charge in [-0.25, -0.2) is 0 Å². The molecule has 0 unspecified atom stereocenters. The Kier molecular flexibility index (Phi) is 9.33. The molecule has 0 atom stereocenters. The second kappa shape index (κ2) is 16.0. The summed E-state index contributed by atoms with van der Waals surface area (Å²) in [6.45, 7) is 0. The summed E-state index contributed by atoms with van der Waals surface area (Å²) in [7, 11) is 0. The van der Waals surface area contributed by atoms with E-state index in [9.17, 15) is 0 Å². The van der Waals surface area contributed by atoms with Crippen molar-refractivity contribution in [1.29, 1.82) is 0 Å². The van der Waals surface area contributed by atoms with Gasteiger partial charge in [-0.05, 0) is 138 Å². The highest BCUT2D eigenvalue weighted by Crippen LogP contribution is 2.57. The van der Waals surface area contributed by atoms with E-state index < -0.39 is 5.41 Å². The van der Waals surface area contributed by atoms with Crippen LogP contribution in [0.2, 0.25) is 0 Å². The van der Waals surface area contributed by atoms with Gasteiger partial charge in [0, 0.05) is 31.5 Å². The van der Waals surface area contributed by atoms with E-state index in [4.69, 9.17) is 0 Å². The minimum atomic E-state index is -0.451. The number of thiophene rings is 1. The van der Waals surface area contributed by atoms with Gasteiger partial charge >= 0.3 is 0 Å². The highest BCUT2D eigenvalue weighted by Gasteiger charge is 2.46. The Balaban J connectivity index is 0.916. The summed E-state index contributed by atoms with van der Waals surface area (Å²) in [5.74, 6) is 0. The van der Waals surface area contributed by atoms with Crippen molar-refractivity contribution >= 4 is 59.3 Å². The largest absolute Gasteiger partial charge is 0.310 e. The maximum Gasteiger partial charge on any atom is 0.0713 e. The third-order valence-electron chi connectivity index (χ3n) is 13.9. The fourth-order valence-electron chi connectivity index (χ4n) is 10.8. The lowest BCUT2D eigenvalue weighted by atomic mass is 9.67. The molecule has 1 aliphatic rings. The quantitative estimate of drug-likeness (QED) is 0.147. The highest BCUT2D eigenvalue weighted by atomic mass is 32.1. The lowest BCUT2D eigenvalue weighted by molar-refractivity contribution is 0.769. The van der Waals surface area contributed by atoms with E-state index in [2.05, 4.69) is 266 Å². The molecule has 0 bridgehead atoms. The van der Waals surface area contributed by atoms with Gasteiger partial charge in [-0.1, -0.05) is 200 Å². The predicted octanol–water partition coefficient (Wildman–Crippen LogP) is 18.0. The summed E-state index contributed by atoms with van der Waals surface area (Å²) >= 11 is 1.86. The molecule has 11 aromatic carbocycles. The van der Waals surface area contributed by atoms with Crippen LogP contribution in [0.25, 0.3) is 75.5 Å². The molecule has 314 valence electrons. The van der Waals surface area contributed by atoms with Crippen LogP contribution in [0, 0.1) is 0 Å². The number of nitrogens with zero attached hydrogens (tertiary/aromatic N) is 1. The summed E-state index contributed by atoms with van der Waals surface area (Å²) in [6.07, 6.45) is 0. The minimum absolute atomic E-state index is 0.451. The third-order valence-corrected chi connectivity index (χ3v) is 15.1. The van der Waals surface area contributed by atoms with Crippen LogP contribution in [0.4, 0.5) is 17.1 Å². The summed E-state index contributed by atoms with van der Waals surface area (Å²) in [5.41, 5.74) is 17.9. The average molecular weight is 870 g/mol. The zero-order valence-corrected chi connectivity index (χ0v) is 37.5. The van der Waals surface area contributed by atoms with Crippen LogP contribution in [-0.4, -0.2) is 0 Å². The molecule has 1 heterocycles. The average Bonchev–Trinajstić information content (AvgIpc) is 3.94. The third kappa shape index (κ3) is 6.44. The maximum absolute atomic E-state index is 2.45. The van der Waals surface area contributed by atoms with E-state index >= 15 is 0 Å². The van der Waals surface area contributed by atoms with Crippen LogP contribution in [0.15, 0.2) is 261 Å². The van der Waals surface area contributed by atoms with E-state index in [1.807, 2.05) is 11.3 Å². The molecule has 0 amide bonds. The fraction of sp³-hybridized carbons (Fsp3) is 0.0154. The maximum atomic E-state index is 2.45. The molecule has 0 radical (unpaired) electrons. The monoisotopic (exact) mass is 869 g/mol. The number of benzene rings is 11. The second-order valence-electron chi connectivity index (χ2n) is 17.6. The summed E-state index contributed by atoms with van der Waals surface area (Å²) in [4.78, 5) is 2.44. The number of anilines is 3. The first-order valence-electron chi connectivity index (χ1n) is 23.1. The topological polar surface area (TPSA) is 3.24 Å². The first kappa shape index (κ1) is 39.1. The fourth-order valence-corrected chi connectivity index (χ4v) is 12.0. The number of fused-ring (bicyclic) bond motifs is 7. The normalized spacial score (nSPS) is 12.6. The van der Waals surface area contributed by atoms with Crippen LogP contribution in [-0.2, 0) is 5.41 Å². The number of rotatable bonds is 8. The SMILES string of the molecule is c1ccc(C2(c3ccccc3)c3ccccc3-c3ccc(-c4ccc(N(c5ccc(-c6cccc(-c7ccc8ccccc8c7)c6)cc5)c5cccc6sc7ccccc7c56)cc4)cc32)cc1. The summed E-state index contributed by atoms with van der Waals surface area (Å²) in [5, 5.41) is 5.06. The molecule has 2 heteroatoms. The Labute approximate surface area is 395 Å². The molecule has 0 saturated heterocycles. The number of hydrogen-bond acceptors (Lipinski definition) is 2. The minimum Gasteiger partial charge on any atom is -0.310 e. The van der Waals surface area contributed by atoms with E-state index in [-0.39, 0.29) is 0 Å². The van der Waals surface area contributed by atoms with Gasteiger partial charge in [0.2, 0.25) is 0 Å². The molecular weight excluding hydrogens is 827 g/mol. The van der Waals surface area contributed by atoms with Crippen molar-refractivity contribution in [2.24, 2.45) is 0 Å². The zero-order valence-electron chi connectivity index (χ0n) is 36.7. The molecule has 0 spiro atoms. The van der Waals surface area contributed by atoms with Crippen molar-refractivity contribution in [3.63, 3.8) is 0 Å². The Morgan fingerprint density at radius 2 is 0.836 bits per heavy atom. The molecule has 1 aromatic heterocycles. The summed E-state index contributed by atoms with van der Waals surface area (Å²) < 4.78 is 2.57. The van der Waals surface area contributed by atoms with Crippen molar-refractivity contribution in [2.45, 2.75) is 5.41 Å². The van der Waals surface area contributed by atoms with E-state index in [1.165, 1.54) is 103 Å². The Bertz CT molecular complexity index is 3750. The Morgan fingerprint density at radius 3 is 1.57 bits per heavy atom. The molecule has 0 fully saturated rings. The van der Waals surface area contributed by atoms with Gasteiger partial charge in [0.15, 0.2) is 0 Å². The van der Waals surface area contributed by atoms with Crippen LogP contribution in [0.5, 0.6) is 0 Å². The second-order valence-corrected chi connectivity index (χ2v) is 18.7. The molecule has 0 aliphatic heterocycles. The molecular formula is C65H43NS. The van der Waals surface area contributed by atoms with Gasteiger partial charge in [0.1, 0.15) is 0 Å². The molecule has 0 saturated carbocycles. The first-order chi connectivity index (χ1) is 33.2. The van der Waals surface area contributed by atoms with Gasteiger partial charge in [0.25, 0.3) is 0 Å². The van der Waals surface area contributed by atoms with E-state index in [0.717, 1.165) is 11.4 Å². The molecule has 13 rings (SSSR count). The molecule has 12 aromatic rings. The van der Waals surface area contributed by atoms with Crippen molar-refractivity contribution in [2.75, 3.05) is 4.90 Å². The van der Waals surface area contributed by atoms with Gasteiger partial charge in [0.05, 0.1) is 11.1 Å². The Hall–Kier alpha value is -8.30. The van der Waals surface area contributed by atoms with Crippen molar-refractivity contribution in [1.82, 2.24) is 0 Å².